The Morgan fingerprint density at radius 2 is 1.85 bits per heavy atom. The summed E-state index contributed by atoms with van der Waals surface area (Å²) in [6.45, 7) is 3.13. The molecule has 0 spiro atoms. The summed E-state index contributed by atoms with van der Waals surface area (Å²) in [6, 6.07) is 11.6. The van der Waals surface area contributed by atoms with E-state index in [2.05, 4.69) is 4.98 Å². The van der Waals surface area contributed by atoms with Gasteiger partial charge < -0.3 is 10.0 Å². The lowest BCUT2D eigenvalue weighted by Crippen LogP contribution is -2.48. The van der Waals surface area contributed by atoms with E-state index in [1.165, 1.54) is 5.56 Å². The number of aromatic nitrogens is 1. The van der Waals surface area contributed by atoms with Crippen LogP contribution in [0, 0.1) is 6.92 Å². The summed E-state index contributed by atoms with van der Waals surface area (Å²) < 4.78 is 0. The number of hydrogen-bond donors (Lipinski definition) is 1. The van der Waals surface area contributed by atoms with Crippen LogP contribution in [-0.2, 0) is 10.4 Å². The molecule has 0 bridgehead atoms. The molecule has 138 valence electrons. The molecule has 1 N–H and O–H groups in total. The van der Waals surface area contributed by atoms with E-state index in [-0.39, 0.29) is 11.9 Å². The lowest BCUT2D eigenvalue weighted by molar-refractivity contribution is -0.141. The molecular formula is C21H27N3O2. The van der Waals surface area contributed by atoms with Crippen molar-refractivity contribution in [3.05, 3.63) is 65.5 Å². The van der Waals surface area contributed by atoms with Crippen molar-refractivity contribution < 1.29 is 9.90 Å². The first-order valence-electron chi connectivity index (χ1n) is 9.05. The zero-order valence-corrected chi connectivity index (χ0v) is 15.7. The maximum Gasteiger partial charge on any atom is 0.244 e. The second-order valence-corrected chi connectivity index (χ2v) is 7.38. The molecule has 5 heteroatoms. The highest BCUT2D eigenvalue weighted by atomic mass is 16.3. The van der Waals surface area contributed by atoms with Gasteiger partial charge in [-0.15, -0.1) is 0 Å². The highest BCUT2D eigenvalue weighted by Crippen LogP contribution is 2.33. The fourth-order valence-electron chi connectivity index (χ4n) is 3.61. The average Bonchev–Trinajstić information content (AvgIpc) is 2.64. The minimum Gasteiger partial charge on any atom is -0.385 e. The number of piperidine rings is 1. The van der Waals surface area contributed by atoms with Gasteiger partial charge >= 0.3 is 0 Å². The van der Waals surface area contributed by atoms with Crippen molar-refractivity contribution in [2.45, 2.75) is 31.4 Å². The minimum absolute atomic E-state index is 0.0899. The lowest BCUT2D eigenvalue weighted by Gasteiger charge is -2.40. The van der Waals surface area contributed by atoms with E-state index >= 15 is 0 Å². The van der Waals surface area contributed by atoms with Crippen LogP contribution in [0.4, 0.5) is 0 Å². The molecule has 1 aliphatic rings. The number of aryl methyl sites for hydroxylation is 1. The molecule has 0 radical (unpaired) electrons. The van der Waals surface area contributed by atoms with Crippen LogP contribution in [-0.4, -0.2) is 53.0 Å². The Balaban J connectivity index is 1.73. The number of amides is 1. The molecule has 1 atom stereocenters. The van der Waals surface area contributed by atoms with Gasteiger partial charge in [-0.3, -0.25) is 14.7 Å². The van der Waals surface area contributed by atoms with E-state index in [1.54, 1.807) is 12.4 Å². The van der Waals surface area contributed by atoms with Crippen LogP contribution in [0.5, 0.6) is 0 Å². The van der Waals surface area contributed by atoms with Gasteiger partial charge in [0.05, 0.1) is 5.60 Å². The molecule has 1 aliphatic heterocycles. The predicted octanol–water partition coefficient (Wildman–Crippen LogP) is 2.50. The summed E-state index contributed by atoms with van der Waals surface area (Å²) in [5.74, 6) is 0.0899. The molecule has 1 fully saturated rings. The van der Waals surface area contributed by atoms with Crippen LogP contribution in [0.15, 0.2) is 48.8 Å². The fraction of sp³-hybridized carbons (Fsp3) is 0.429. The van der Waals surface area contributed by atoms with Crippen molar-refractivity contribution in [3.63, 3.8) is 0 Å². The zero-order valence-electron chi connectivity index (χ0n) is 15.7. The van der Waals surface area contributed by atoms with Crippen LogP contribution < -0.4 is 0 Å². The maximum absolute atomic E-state index is 13.2. The van der Waals surface area contributed by atoms with Crippen molar-refractivity contribution in [3.8, 4) is 0 Å². The Bertz CT molecular complexity index is 736. The molecule has 5 nitrogen and oxygen atoms in total. The zero-order chi connectivity index (χ0) is 18.7. The first-order valence-corrected chi connectivity index (χ1v) is 9.05. The highest BCUT2D eigenvalue weighted by molar-refractivity contribution is 5.83. The number of likely N-dealkylation sites (tertiary alicyclic amines) is 1. The smallest absolute Gasteiger partial charge is 0.244 e. The fourth-order valence-corrected chi connectivity index (χ4v) is 3.61. The van der Waals surface area contributed by atoms with Gasteiger partial charge in [0.25, 0.3) is 0 Å². The molecule has 0 unspecified atom stereocenters. The van der Waals surface area contributed by atoms with Crippen LogP contribution in [0.25, 0.3) is 0 Å². The quantitative estimate of drug-likeness (QED) is 0.918. The van der Waals surface area contributed by atoms with Gasteiger partial charge in [0.2, 0.25) is 5.91 Å². The Morgan fingerprint density at radius 1 is 1.19 bits per heavy atom. The largest absolute Gasteiger partial charge is 0.385 e. The van der Waals surface area contributed by atoms with E-state index in [9.17, 15) is 9.90 Å². The number of pyridine rings is 1. The molecule has 1 amide bonds. The number of rotatable bonds is 4. The van der Waals surface area contributed by atoms with Gasteiger partial charge in [0, 0.05) is 31.0 Å². The van der Waals surface area contributed by atoms with Crippen molar-refractivity contribution >= 4 is 5.91 Å². The molecule has 1 aromatic heterocycles. The number of aliphatic hydroxyl groups is 1. The Labute approximate surface area is 155 Å². The van der Waals surface area contributed by atoms with Crippen LogP contribution in [0.2, 0.25) is 0 Å². The SMILES string of the molecule is Cc1ccc([C@@H](C(=O)N2CCC(O)(c3cccnc3)CC2)N(C)C)cc1. The van der Waals surface area contributed by atoms with E-state index in [0.717, 1.165) is 11.1 Å². The second-order valence-electron chi connectivity index (χ2n) is 7.38. The topological polar surface area (TPSA) is 56.7 Å². The number of nitrogens with zero attached hydrogens (tertiary/aromatic N) is 3. The van der Waals surface area contributed by atoms with E-state index in [4.69, 9.17) is 0 Å². The number of carbonyl (C=O) groups excluding carboxylic acids is 1. The third kappa shape index (κ3) is 3.79. The first-order chi connectivity index (χ1) is 12.4. The number of benzene rings is 1. The predicted molar refractivity (Wildman–Crippen MR) is 102 cm³/mol. The van der Waals surface area contributed by atoms with Gasteiger partial charge in [-0.05, 0) is 45.5 Å². The molecule has 0 saturated carbocycles. The molecule has 0 aliphatic carbocycles. The Hall–Kier alpha value is -2.24. The summed E-state index contributed by atoms with van der Waals surface area (Å²) >= 11 is 0. The summed E-state index contributed by atoms with van der Waals surface area (Å²) in [5.41, 5.74) is 2.11. The van der Waals surface area contributed by atoms with Crippen LogP contribution in [0.3, 0.4) is 0 Å². The Morgan fingerprint density at radius 3 is 2.38 bits per heavy atom. The summed E-state index contributed by atoms with van der Waals surface area (Å²) in [6.07, 6.45) is 4.47. The standard InChI is InChI=1S/C21H27N3O2/c1-16-6-8-17(9-7-16)19(23(2)3)20(25)24-13-10-21(26,11-14-24)18-5-4-12-22-15-18/h4-9,12,15,19,26H,10-11,13-14H2,1-3H3/t19-/m0/s1. The monoisotopic (exact) mass is 353 g/mol. The van der Waals surface area contributed by atoms with Crippen LogP contribution >= 0.6 is 0 Å². The number of likely N-dealkylation sites (N-methyl/N-ethyl adjacent to an activating group) is 1. The highest BCUT2D eigenvalue weighted by Gasteiger charge is 2.37. The molecular weight excluding hydrogens is 326 g/mol. The first kappa shape index (κ1) is 18.5. The lowest BCUT2D eigenvalue weighted by atomic mass is 9.85. The normalized spacial score (nSPS) is 18.0. The molecule has 1 saturated heterocycles. The molecule has 2 aromatic rings. The van der Waals surface area contributed by atoms with E-state index in [1.807, 2.05) is 67.2 Å². The second kappa shape index (κ2) is 7.56. The number of carbonyl (C=O) groups is 1. The van der Waals surface area contributed by atoms with E-state index < -0.39 is 5.60 Å². The molecule has 2 heterocycles. The summed E-state index contributed by atoms with van der Waals surface area (Å²) in [5, 5.41) is 10.9. The van der Waals surface area contributed by atoms with Gasteiger partial charge in [0.15, 0.2) is 0 Å². The maximum atomic E-state index is 13.2. The third-order valence-electron chi connectivity index (χ3n) is 5.24. The summed E-state index contributed by atoms with van der Waals surface area (Å²) in [7, 11) is 3.86. The van der Waals surface area contributed by atoms with Crippen molar-refractivity contribution in [1.29, 1.82) is 0 Å². The van der Waals surface area contributed by atoms with Crippen LogP contribution in [0.1, 0.15) is 35.6 Å². The van der Waals surface area contributed by atoms with E-state index in [0.29, 0.717) is 25.9 Å². The van der Waals surface area contributed by atoms with Crippen molar-refractivity contribution in [2.75, 3.05) is 27.2 Å². The van der Waals surface area contributed by atoms with Crippen molar-refractivity contribution in [1.82, 2.24) is 14.8 Å². The average molecular weight is 353 g/mol. The van der Waals surface area contributed by atoms with Gasteiger partial charge in [-0.1, -0.05) is 35.9 Å². The van der Waals surface area contributed by atoms with Crippen molar-refractivity contribution in [2.24, 2.45) is 0 Å². The minimum atomic E-state index is -0.900. The summed E-state index contributed by atoms with van der Waals surface area (Å²) in [4.78, 5) is 21.1. The molecule has 26 heavy (non-hydrogen) atoms. The Kier molecular flexibility index (Phi) is 5.39. The molecule has 3 rings (SSSR count). The number of hydrogen-bond acceptors (Lipinski definition) is 4. The van der Waals surface area contributed by atoms with Gasteiger partial charge in [-0.2, -0.15) is 0 Å². The molecule has 1 aromatic carbocycles. The third-order valence-corrected chi connectivity index (χ3v) is 5.24. The van der Waals surface area contributed by atoms with Gasteiger partial charge in [-0.25, -0.2) is 0 Å². The van der Waals surface area contributed by atoms with Gasteiger partial charge in [0.1, 0.15) is 6.04 Å².